The summed E-state index contributed by atoms with van der Waals surface area (Å²) in [7, 11) is 0. The third-order valence-corrected chi connectivity index (χ3v) is 8.96. The number of carbonyl (C=O) groups excluding carboxylic acids is 7. The number of amides is 7. The molecule has 6 atom stereocenters. The molecule has 0 aliphatic heterocycles. The standard InChI is InChI=1S/C34H59N11O13S/c1-18(46)40-20(9-12-26(48)49)29(53)43-22(10-13-27(50)51)31(55)44-23(14-17-59-2)32(56)42-21(8-11-25(36)47)30(54)41-19(7-5-16-39-34(37)38)28(52)45-24(33(57)58)6-3-4-15-35/h19-24H,3-17,35H2,1-2H3,(H2,36,47)(H,40,46)(H,41,54)(H,42,56)(H,43,53)(H,44,55)(H,45,52)(H,48,49)(H,50,51)(H,57,58)(H4,37,38,39)/t19-,20-,21-,22-,23-,24-/m0/s1. The molecule has 0 unspecified atom stereocenters. The second-order valence-electron chi connectivity index (χ2n) is 13.3. The number of aliphatic imine (C=N–C) groups is 1. The molecule has 334 valence electrons. The van der Waals surface area contributed by atoms with E-state index < -0.39 is 121 Å². The van der Waals surface area contributed by atoms with E-state index in [4.69, 9.17) is 28.0 Å². The molecule has 0 aromatic carbocycles. The van der Waals surface area contributed by atoms with E-state index in [1.165, 1.54) is 11.8 Å². The summed E-state index contributed by atoms with van der Waals surface area (Å²) < 4.78 is 0. The molecule has 0 aliphatic rings. The molecular formula is C34H59N11O13S. The summed E-state index contributed by atoms with van der Waals surface area (Å²) in [6.07, 6.45) is -0.257. The molecule has 0 heterocycles. The number of unbranched alkanes of at least 4 members (excludes halogenated alkanes) is 1. The Labute approximate surface area is 344 Å². The molecule has 0 bridgehead atoms. The maximum absolute atomic E-state index is 13.8. The summed E-state index contributed by atoms with van der Waals surface area (Å²) in [4.78, 5) is 129. The predicted molar refractivity (Wildman–Crippen MR) is 213 cm³/mol. The van der Waals surface area contributed by atoms with Gasteiger partial charge in [0.05, 0.1) is 0 Å². The van der Waals surface area contributed by atoms with Gasteiger partial charge >= 0.3 is 17.9 Å². The Kier molecular flexibility index (Phi) is 26.6. The fourth-order valence-corrected chi connectivity index (χ4v) is 5.73. The van der Waals surface area contributed by atoms with E-state index in [0.29, 0.717) is 19.4 Å². The average Bonchev–Trinajstić information content (AvgIpc) is 3.14. The Balaban J connectivity index is 6.49. The smallest absolute Gasteiger partial charge is 0.326 e. The van der Waals surface area contributed by atoms with Crippen LogP contribution in [0.25, 0.3) is 0 Å². The molecule has 17 N–H and O–H groups in total. The topological polar surface area (TPSA) is 420 Å². The fourth-order valence-electron chi connectivity index (χ4n) is 5.26. The van der Waals surface area contributed by atoms with E-state index in [1.807, 2.05) is 0 Å². The molecule has 0 saturated heterocycles. The lowest BCUT2D eigenvalue weighted by Gasteiger charge is -2.27. The number of rotatable bonds is 32. The van der Waals surface area contributed by atoms with Crippen molar-refractivity contribution in [3.63, 3.8) is 0 Å². The van der Waals surface area contributed by atoms with Crippen LogP contribution in [0.4, 0.5) is 0 Å². The van der Waals surface area contributed by atoms with E-state index >= 15 is 0 Å². The largest absolute Gasteiger partial charge is 0.481 e. The van der Waals surface area contributed by atoms with Crippen LogP contribution in [0.15, 0.2) is 4.99 Å². The van der Waals surface area contributed by atoms with Crippen LogP contribution in [-0.4, -0.2) is 142 Å². The van der Waals surface area contributed by atoms with E-state index in [1.54, 1.807) is 6.26 Å². The highest BCUT2D eigenvalue weighted by atomic mass is 32.2. The highest BCUT2D eigenvalue weighted by Crippen LogP contribution is 2.10. The molecule has 0 aromatic heterocycles. The Morgan fingerprint density at radius 1 is 0.542 bits per heavy atom. The van der Waals surface area contributed by atoms with Crippen LogP contribution < -0.4 is 54.8 Å². The monoisotopic (exact) mass is 861 g/mol. The second-order valence-corrected chi connectivity index (χ2v) is 14.3. The van der Waals surface area contributed by atoms with Crippen LogP contribution in [0, 0.1) is 0 Å². The van der Waals surface area contributed by atoms with E-state index in [9.17, 15) is 58.2 Å². The van der Waals surface area contributed by atoms with E-state index in [0.717, 1.165) is 6.92 Å². The van der Waals surface area contributed by atoms with Crippen molar-refractivity contribution in [1.82, 2.24) is 31.9 Å². The van der Waals surface area contributed by atoms with Crippen molar-refractivity contribution in [2.45, 2.75) is 120 Å². The predicted octanol–water partition coefficient (Wildman–Crippen LogP) is -4.07. The number of carbonyl (C=O) groups is 10. The molecule has 0 saturated carbocycles. The number of primary amides is 1. The lowest BCUT2D eigenvalue weighted by Crippen LogP contribution is -2.59. The summed E-state index contributed by atoms with van der Waals surface area (Å²) >= 11 is 1.28. The van der Waals surface area contributed by atoms with Gasteiger partial charge in [-0.3, -0.25) is 48.1 Å². The SMILES string of the molecule is CSCC[C@H](NC(=O)[C@H](CCC(=O)O)NC(=O)[C@H](CCC(=O)O)NC(C)=O)C(=O)N[C@@H](CCC(N)=O)C(=O)N[C@@H](CCCN=C(N)N)C(=O)N[C@@H](CCCCN)C(=O)O. The van der Waals surface area contributed by atoms with Gasteiger partial charge in [0.15, 0.2) is 5.96 Å². The van der Waals surface area contributed by atoms with Crippen LogP contribution in [0.5, 0.6) is 0 Å². The summed E-state index contributed by atoms with van der Waals surface area (Å²) in [6, 6.07) is -8.70. The van der Waals surface area contributed by atoms with Gasteiger partial charge in [-0.05, 0) is 76.3 Å². The molecule has 25 heteroatoms. The van der Waals surface area contributed by atoms with Crippen molar-refractivity contribution in [3.05, 3.63) is 0 Å². The van der Waals surface area contributed by atoms with Crippen molar-refractivity contribution in [2.75, 3.05) is 25.1 Å². The number of hydrogen-bond acceptors (Lipinski definition) is 13. The Morgan fingerprint density at radius 2 is 0.932 bits per heavy atom. The summed E-state index contributed by atoms with van der Waals surface area (Å²) in [6.45, 7) is 1.40. The van der Waals surface area contributed by atoms with Crippen molar-refractivity contribution in [2.24, 2.45) is 27.9 Å². The van der Waals surface area contributed by atoms with Gasteiger partial charge in [0.1, 0.15) is 36.3 Å². The van der Waals surface area contributed by atoms with Gasteiger partial charge in [-0.25, -0.2) is 4.79 Å². The third kappa shape index (κ3) is 24.6. The number of nitrogens with two attached hydrogens (primary N) is 4. The minimum Gasteiger partial charge on any atom is -0.481 e. The summed E-state index contributed by atoms with van der Waals surface area (Å²) in [5.41, 5.74) is 21.6. The molecule has 0 fully saturated rings. The van der Waals surface area contributed by atoms with Gasteiger partial charge in [0, 0.05) is 32.7 Å². The average molecular weight is 862 g/mol. The number of nitrogens with zero attached hydrogens (tertiary/aromatic N) is 1. The zero-order valence-corrected chi connectivity index (χ0v) is 34.0. The number of carboxylic acids is 3. The maximum Gasteiger partial charge on any atom is 0.326 e. The Hall–Kier alpha value is -5.72. The molecular weight excluding hydrogens is 803 g/mol. The first kappa shape index (κ1) is 53.3. The number of hydrogen-bond donors (Lipinski definition) is 13. The first-order valence-corrected chi connectivity index (χ1v) is 20.1. The molecule has 0 aromatic rings. The third-order valence-electron chi connectivity index (χ3n) is 8.32. The quantitative estimate of drug-likeness (QED) is 0.0174. The normalized spacial score (nSPS) is 13.7. The van der Waals surface area contributed by atoms with Crippen LogP contribution in [0.3, 0.4) is 0 Å². The van der Waals surface area contributed by atoms with Crippen molar-refractivity contribution in [3.8, 4) is 0 Å². The highest BCUT2D eigenvalue weighted by Gasteiger charge is 2.33. The molecule has 24 nitrogen and oxygen atoms in total. The Bertz CT molecular complexity index is 1500. The van der Waals surface area contributed by atoms with Gasteiger partial charge in [-0.1, -0.05) is 0 Å². The highest BCUT2D eigenvalue weighted by molar-refractivity contribution is 7.98. The number of nitrogens with one attached hydrogen (secondary N) is 6. The van der Waals surface area contributed by atoms with Gasteiger partial charge in [-0.2, -0.15) is 11.8 Å². The zero-order chi connectivity index (χ0) is 45.1. The van der Waals surface area contributed by atoms with Crippen molar-refractivity contribution in [1.29, 1.82) is 0 Å². The first-order chi connectivity index (χ1) is 27.7. The minimum atomic E-state index is -1.60. The van der Waals surface area contributed by atoms with Crippen molar-refractivity contribution >= 4 is 77.0 Å². The lowest BCUT2D eigenvalue weighted by molar-refractivity contribution is -0.142. The number of thioether (sulfide) groups is 1. The molecule has 59 heavy (non-hydrogen) atoms. The van der Waals surface area contributed by atoms with Gasteiger partial charge < -0.3 is 70.2 Å². The molecule has 0 aliphatic carbocycles. The van der Waals surface area contributed by atoms with Gasteiger partial charge in [-0.15, -0.1) is 0 Å². The number of guanidine groups is 1. The second kappa shape index (κ2) is 29.5. The van der Waals surface area contributed by atoms with Crippen LogP contribution in [0.2, 0.25) is 0 Å². The van der Waals surface area contributed by atoms with Gasteiger partial charge in [0.2, 0.25) is 41.4 Å². The number of aliphatic carboxylic acids is 3. The van der Waals surface area contributed by atoms with Crippen molar-refractivity contribution < 1.29 is 63.3 Å². The minimum absolute atomic E-state index is 0.0314. The van der Waals surface area contributed by atoms with Crippen LogP contribution in [-0.2, 0) is 47.9 Å². The maximum atomic E-state index is 13.8. The molecule has 0 rings (SSSR count). The van der Waals surface area contributed by atoms with E-state index in [2.05, 4.69) is 36.9 Å². The fraction of sp³-hybridized carbons (Fsp3) is 0.676. The van der Waals surface area contributed by atoms with E-state index in [-0.39, 0.29) is 56.8 Å². The van der Waals surface area contributed by atoms with Gasteiger partial charge in [0.25, 0.3) is 0 Å². The Morgan fingerprint density at radius 3 is 1.31 bits per heavy atom. The molecule has 0 spiro atoms. The summed E-state index contributed by atoms with van der Waals surface area (Å²) in [5.74, 6) is -10.3. The number of carboxylic acid groups (broad SMARTS) is 3. The summed E-state index contributed by atoms with van der Waals surface area (Å²) in [5, 5.41) is 42.4. The molecule has 0 radical (unpaired) electrons. The first-order valence-electron chi connectivity index (χ1n) is 18.7. The zero-order valence-electron chi connectivity index (χ0n) is 33.2. The molecule has 7 amide bonds. The van der Waals surface area contributed by atoms with Crippen LogP contribution in [0.1, 0.15) is 84.0 Å². The lowest BCUT2D eigenvalue weighted by atomic mass is 10.0. The van der Waals surface area contributed by atoms with Crippen LogP contribution >= 0.6 is 11.8 Å².